The Balaban J connectivity index is 1.54. The summed E-state index contributed by atoms with van der Waals surface area (Å²) in [6.45, 7) is 0. The Bertz CT molecular complexity index is 526. The SMILES string of the molecule is O=C1CC(Oc2ccc3c(c2)CCC3)C12CCCC2. The van der Waals surface area contributed by atoms with Gasteiger partial charge in [-0.05, 0) is 55.4 Å². The van der Waals surface area contributed by atoms with Crippen LogP contribution in [0.2, 0.25) is 0 Å². The Morgan fingerprint density at radius 2 is 1.84 bits per heavy atom. The highest BCUT2D eigenvalue weighted by Gasteiger charge is 2.57. The van der Waals surface area contributed by atoms with Crippen LogP contribution in [-0.2, 0) is 17.6 Å². The van der Waals surface area contributed by atoms with Gasteiger partial charge in [0, 0.05) is 6.42 Å². The number of rotatable bonds is 2. The molecule has 0 heterocycles. The number of Topliss-reactive ketones (excluding diaryl/α,β-unsaturated/α-hetero) is 1. The lowest BCUT2D eigenvalue weighted by atomic mass is 9.63. The predicted octanol–water partition coefficient (Wildman–Crippen LogP) is 3.46. The second-order valence-electron chi connectivity index (χ2n) is 6.38. The number of hydrogen-bond donors (Lipinski definition) is 0. The first-order valence-electron chi connectivity index (χ1n) is 7.60. The van der Waals surface area contributed by atoms with Crippen molar-refractivity contribution in [2.45, 2.75) is 57.5 Å². The smallest absolute Gasteiger partial charge is 0.146 e. The Labute approximate surface area is 114 Å². The van der Waals surface area contributed by atoms with Crippen LogP contribution in [0.15, 0.2) is 18.2 Å². The summed E-state index contributed by atoms with van der Waals surface area (Å²) in [5.41, 5.74) is 2.81. The van der Waals surface area contributed by atoms with Crippen LogP contribution in [0.3, 0.4) is 0 Å². The van der Waals surface area contributed by atoms with E-state index in [0.717, 1.165) is 18.6 Å². The van der Waals surface area contributed by atoms with Gasteiger partial charge < -0.3 is 4.74 Å². The minimum absolute atomic E-state index is 0.112. The zero-order valence-electron chi connectivity index (χ0n) is 11.3. The molecule has 1 spiro atoms. The van der Waals surface area contributed by atoms with Crippen LogP contribution in [0.25, 0.3) is 0 Å². The van der Waals surface area contributed by atoms with Crippen molar-refractivity contribution in [3.63, 3.8) is 0 Å². The molecule has 3 aliphatic carbocycles. The number of ether oxygens (including phenoxy) is 1. The van der Waals surface area contributed by atoms with Crippen LogP contribution in [0.1, 0.15) is 49.7 Å². The Morgan fingerprint density at radius 3 is 2.63 bits per heavy atom. The molecule has 0 bridgehead atoms. The molecule has 1 aromatic carbocycles. The summed E-state index contributed by atoms with van der Waals surface area (Å²) < 4.78 is 6.16. The number of fused-ring (bicyclic) bond motifs is 1. The Hall–Kier alpha value is -1.31. The van der Waals surface area contributed by atoms with Gasteiger partial charge in [0.2, 0.25) is 0 Å². The van der Waals surface area contributed by atoms with Gasteiger partial charge in [-0.3, -0.25) is 4.79 Å². The minimum atomic E-state index is -0.112. The van der Waals surface area contributed by atoms with E-state index in [1.165, 1.54) is 43.2 Å². The van der Waals surface area contributed by atoms with Crippen molar-refractivity contribution in [2.75, 3.05) is 0 Å². The van der Waals surface area contributed by atoms with Gasteiger partial charge in [-0.15, -0.1) is 0 Å². The monoisotopic (exact) mass is 256 g/mol. The molecular weight excluding hydrogens is 236 g/mol. The fraction of sp³-hybridized carbons (Fsp3) is 0.588. The van der Waals surface area contributed by atoms with Crippen LogP contribution < -0.4 is 4.74 Å². The molecule has 2 heteroatoms. The fourth-order valence-corrected chi connectivity index (χ4v) is 4.16. The summed E-state index contributed by atoms with van der Waals surface area (Å²) in [4.78, 5) is 12.0. The summed E-state index contributed by atoms with van der Waals surface area (Å²) >= 11 is 0. The molecule has 100 valence electrons. The van der Waals surface area contributed by atoms with Gasteiger partial charge in [0.1, 0.15) is 17.6 Å². The maximum atomic E-state index is 12.0. The van der Waals surface area contributed by atoms with Crippen LogP contribution in [0.4, 0.5) is 0 Å². The molecule has 2 saturated carbocycles. The van der Waals surface area contributed by atoms with E-state index in [9.17, 15) is 4.79 Å². The van der Waals surface area contributed by atoms with Gasteiger partial charge in [0.15, 0.2) is 0 Å². The zero-order valence-corrected chi connectivity index (χ0v) is 11.3. The lowest BCUT2D eigenvalue weighted by Crippen LogP contribution is -2.55. The first-order valence-corrected chi connectivity index (χ1v) is 7.60. The number of aryl methyl sites for hydroxylation is 2. The third-order valence-electron chi connectivity index (χ3n) is 5.39. The first kappa shape index (κ1) is 11.5. The average Bonchev–Trinajstić information content (AvgIpc) is 3.08. The quantitative estimate of drug-likeness (QED) is 0.810. The minimum Gasteiger partial charge on any atom is -0.489 e. The van der Waals surface area contributed by atoms with Gasteiger partial charge in [0.05, 0.1) is 5.41 Å². The molecule has 0 amide bonds. The molecule has 0 saturated heterocycles. The number of carbonyl (C=O) groups is 1. The average molecular weight is 256 g/mol. The molecular formula is C17H20O2. The lowest BCUT2D eigenvalue weighted by molar-refractivity contribution is -0.151. The van der Waals surface area contributed by atoms with E-state index in [4.69, 9.17) is 4.74 Å². The molecule has 2 fully saturated rings. The van der Waals surface area contributed by atoms with Crippen LogP contribution in [0.5, 0.6) is 5.75 Å². The van der Waals surface area contributed by atoms with Gasteiger partial charge in [0.25, 0.3) is 0 Å². The van der Waals surface area contributed by atoms with Crippen LogP contribution >= 0.6 is 0 Å². The van der Waals surface area contributed by atoms with Crippen molar-refractivity contribution < 1.29 is 9.53 Å². The second kappa shape index (κ2) is 4.09. The second-order valence-corrected chi connectivity index (χ2v) is 6.38. The van der Waals surface area contributed by atoms with Crippen molar-refractivity contribution in [3.8, 4) is 5.75 Å². The highest BCUT2D eigenvalue weighted by atomic mass is 16.5. The molecule has 2 nitrogen and oxygen atoms in total. The molecule has 1 aromatic rings. The Kier molecular flexibility index (Phi) is 2.48. The predicted molar refractivity (Wildman–Crippen MR) is 73.4 cm³/mol. The van der Waals surface area contributed by atoms with E-state index >= 15 is 0 Å². The van der Waals surface area contributed by atoms with Crippen molar-refractivity contribution in [1.82, 2.24) is 0 Å². The van der Waals surface area contributed by atoms with Crippen LogP contribution in [0, 0.1) is 5.41 Å². The van der Waals surface area contributed by atoms with Crippen molar-refractivity contribution >= 4 is 5.78 Å². The van der Waals surface area contributed by atoms with E-state index in [2.05, 4.69) is 18.2 Å². The summed E-state index contributed by atoms with van der Waals surface area (Å²) in [6, 6.07) is 6.50. The van der Waals surface area contributed by atoms with E-state index in [-0.39, 0.29) is 11.5 Å². The molecule has 0 radical (unpaired) electrons. The topological polar surface area (TPSA) is 26.3 Å². The summed E-state index contributed by atoms with van der Waals surface area (Å²) in [5, 5.41) is 0. The van der Waals surface area contributed by atoms with Gasteiger partial charge in [-0.1, -0.05) is 18.9 Å². The highest BCUT2D eigenvalue weighted by Crippen LogP contribution is 2.52. The third kappa shape index (κ3) is 1.65. The number of carbonyl (C=O) groups excluding carboxylic acids is 1. The molecule has 0 aliphatic heterocycles. The van der Waals surface area contributed by atoms with Gasteiger partial charge >= 0.3 is 0 Å². The van der Waals surface area contributed by atoms with Gasteiger partial charge in [-0.2, -0.15) is 0 Å². The highest BCUT2D eigenvalue weighted by molar-refractivity contribution is 5.92. The largest absolute Gasteiger partial charge is 0.489 e. The normalized spacial score (nSPS) is 27.4. The van der Waals surface area contributed by atoms with E-state index < -0.39 is 0 Å². The van der Waals surface area contributed by atoms with Crippen molar-refractivity contribution in [2.24, 2.45) is 5.41 Å². The molecule has 0 aromatic heterocycles. The van der Waals surface area contributed by atoms with Crippen molar-refractivity contribution in [3.05, 3.63) is 29.3 Å². The van der Waals surface area contributed by atoms with Gasteiger partial charge in [-0.25, -0.2) is 0 Å². The molecule has 19 heavy (non-hydrogen) atoms. The number of benzene rings is 1. The maximum absolute atomic E-state index is 12.0. The van der Waals surface area contributed by atoms with E-state index in [0.29, 0.717) is 12.2 Å². The molecule has 1 unspecified atom stereocenters. The molecule has 1 atom stereocenters. The molecule has 4 rings (SSSR count). The zero-order chi connectivity index (χ0) is 12.9. The Morgan fingerprint density at radius 1 is 1.05 bits per heavy atom. The summed E-state index contributed by atoms with van der Waals surface area (Å²) in [6.07, 6.45) is 8.89. The first-order chi connectivity index (χ1) is 9.28. The number of hydrogen-bond acceptors (Lipinski definition) is 2. The lowest BCUT2D eigenvalue weighted by Gasteiger charge is -2.44. The summed E-state index contributed by atoms with van der Waals surface area (Å²) in [5.74, 6) is 1.42. The third-order valence-corrected chi connectivity index (χ3v) is 5.39. The summed E-state index contributed by atoms with van der Waals surface area (Å²) in [7, 11) is 0. The van der Waals surface area contributed by atoms with Crippen LogP contribution in [-0.4, -0.2) is 11.9 Å². The maximum Gasteiger partial charge on any atom is 0.146 e. The van der Waals surface area contributed by atoms with E-state index in [1.807, 2.05) is 0 Å². The molecule has 3 aliphatic rings. The fourth-order valence-electron chi connectivity index (χ4n) is 4.16. The van der Waals surface area contributed by atoms with Crippen molar-refractivity contribution in [1.29, 1.82) is 0 Å². The molecule has 0 N–H and O–H groups in total. The standard InChI is InChI=1S/C17H20O2/c18-15-11-16(17(15)8-1-2-9-17)19-14-7-6-12-4-3-5-13(12)10-14/h6-7,10,16H,1-5,8-9,11H2. The van der Waals surface area contributed by atoms with E-state index in [1.54, 1.807) is 0 Å². The number of ketones is 1.